The van der Waals surface area contributed by atoms with E-state index in [2.05, 4.69) is 4.72 Å². The van der Waals surface area contributed by atoms with E-state index in [0.717, 1.165) is 12.2 Å². The van der Waals surface area contributed by atoms with Crippen LogP contribution in [0.3, 0.4) is 0 Å². The van der Waals surface area contributed by atoms with Crippen LogP contribution in [-0.4, -0.2) is 56.3 Å². The Hall–Kier alpha value is -0.310. The van der Waals surface area contributed by atoms with E-state index in [1.54, 1.807) is 18.7 Å². The second kappa shape index (κ2) is 7.32. The molecule has 0 aromatic carbocycles. The van der Waals surface area contributed by atoms with Crippen LogP contribution in [0.2, 0.25) is 0 Å². The van der Waals surface area contributed by atoms with Crippen LogP contribution in [0.4, 0.5) is 0 Å². The number of hydrogen-bond donors (Lipinski definition) is 1. The Morgan fingerprint density at radius 2 is 2.28 bits per heavy atom. The first-order chi connectivity index (χ1) is 8.50. The summed E-state index contributed by atoms with van der Waals surface area (Å²) in [6.45, 7) is 2.59. The predicted molar refractivity (Wildman–Crippen MR) is 71.7 cm³/mol. The standard InChI is InChI=1S/C10H20N2O4S2/c1-3-18(14,15)11-9(5-8-17-2)10(13)12-6-4-7-16-12/h9,11H,3-8H2,1-2H3. The molecule has 1 aliphatic rings. The van der Waals surface area contributed by atoms with Crippen LogP contribution in [0.1, 0.15) is 19.8 Å². The third kappa shape index (κ3) is 4.75. The lowest BCUT2D eigenvalue weighted by molar-refractivity contribution is -0.170. The average molecular weight is 296 g/mol. The van der Waals surface area contributed by atoms with Gasteiger partial charge in [0.15, 0.2) is 0 Å². The number of nitrogens with zero attached hydrogens (tertiary/aromatic N) is 1. The molecule has 0 spiro atoms. The largest absolute Gasteiger partial charge is 0.271 e. The van der Waals surface area contributed by atoms with Crippen molar-refractivity contribution in [3.8, 4) is 0 Å². The van der Waals surface area contributed by atoms with Crippen LogP contribution in [-0.2, 0) is 19.7 Å². The molecular formula is C10H20N2O4S2. The smallest absolute Gasteiger partial charge is 0.264 e. The van der Waals surface area contributed by atoms with Crippen LogP contribution in [0, 0.1) is 0 Å². The lowest BCUT2D eigenvalue weighted by atomic mass is 10.2. The van der Waals surface area contributed by atoms with Gasteiger partial charge in [-0.25, -0.2) is 18.2 Å². The lowest BCUT2D eigenvalue weighted by Crippen LogP contribution is -2.48. The molecule has 0 aliphatic carbocycles. The maximum Gasteiger partial charge on any atom is 0.264 e. The molecule has 1 fully saturated rings. The first-order valence-electron chi connectivity index (χ1n) is 5.93. The van der Waals surface area contributed by atoms with Crippen LogP contribution < -0.4 is 4.72 Å². The van der Waals surface area contributed by atoms with E-state index >= 15 is 0 Å². The summed E-state index contributed by atoms with van der Waals surface area (Å²) >= 11 is 1.58. The zero-order valence-corrected chi connectivity index (χ0v) is 12.3. The van der Waals surface area contributed by atoms with E-state index in [0.29, 0.717) is 19.6 Å². The number of sulfonamides is 1. The van der Waals surface area contributed by atoms with Crippen LogP contribution in [0.5, 0.6) is 0 Å². The second-order valence-corrected chi connectivity index (χ2v) is 7.01. The Morgan fingerprint density at radius 1 is 1.56 bits per heavy atom. The third-order valence-electron chi connectivity index (χ3n) is 2.61. The van der Waals surface area contributed by atoms with Crippen molar-refractivity contribution < 1.29 is 18.0 Å². The maximum atomic E-state index is 12.1. The molecule has 0 saturated carbocycles. The summed E-state index contributed by atoms with van der Waals surface area (Å²) in [5.41, 5.74) is 0. The van der Waals surface area contributed by atoms with Crippen LogP contribution >= 0.6 is 11.8 Å². The van der Waals surface area contributed by atoms with Crippen LogP contribution in [0.25, 0.3) is 0 Å². The molecule has 1 aliphatic heterocycles. The van der Waals surface area contributed by atoms with Gasteiger partial charge in [-0.2, -0.15) is 11.8 Å². The molecule has 6 nitrogen and oxygen atoms in total. The quantitative estimate of drug-likeness (QED) is 0.727. The highest BCUT2D eigenvalue weighted by Gasteiger charge is 2.29. The molecular weight excluding hydrogens is 276 g/mol. The number of rotatable bonds is 7. The molecule has 1 saturated heterocycles. The molecule has 1 atom stereocenters. The van der Waals surface area contributed by atoms with E-state index < -0.39 is 16.1 Å². The topological polar surface area (TPSA) is 75.7 Å². The summed E-state index contributed by atoms with van der Waals surface area (Å²) in [7, 11) is -3.39. The minimum absolute atomic E-state index is 0.0308. The Bertz CT molecular complexity index is 366. The monoisotopic (exact) mass is 296 g/mol. The van der Waals surface area contributed by atoms with E-state index in [-0.39, 0.29) is 11.7 Å². The summed E-state index contributed by atoms with van der Waals surface area (Å²) in [6, 6.07) is -0.722. The van der Waals surface area contributed by atoms with Gasteiger partial charge in [0, 0.05) is 0 Å². The van der Waals surface area contributed by atoms with Crippen molar-refractivity contribution >= 4 is 27.7 Å². The number of carbonyl (C=O) groups excluding carboxylic acids is 1. The van der Waals surface area contributed by atoms with Gasteiger partial charge in [0.25, 0.3) is 5.91 Å². The Kier molecular flexibility index (Phi) is 6.40. The summed E-state index contributed by atoms with van der Waals surface area (Å²) in [5.74, 6) is 0.395. The zero-order valence-electron chi connectivity index (χ0n) is 10.7. The first-order valence-corrected chi connectivity index (χ1v) is 8.98. The molecule has 0 aromatic heterocycles. The molecule has 0 aromatic rings. The van der Waals surface area contributed by atoms with Gasteiger partial charge < -0.3 is 0 Å². The predicted octanol–water partition coefficient (Wildman–Crippen LogP) is 0.211. The normalized spacial score (nSPS) is 18.0. The van der Waals surface area contributed by atoms with E-state index in [9.17, 15) is 13.2 Å². The third-order valence-corrected chi connectivity index (χ3v) is 4.66. The van der Waals surface area contributed by atoms with Gasteiger partial charge in [0.05, 0.1) is 18.9 Å². The van der Waals surface area contributed by atoms with Crippen LogP contribution in [0.15, 0.2) is 0 Å². The Morgan fingerprint density at radius 3 is 2.78 bits per heavy atom. The van der Waals surface area contributed by atoms with Gasteiger partial charge in [-0.15, -0.1) is 0 Å². The minimum atomic E-state index is -3.39. The summed E-state index contributed by atoms with van der Waals surface area (Å²) in [5, 5.41) is 1.27. The van der Waals surface area contributed by atoms with Crippen molar-refractivity contribution in [3.63, 3.8) is 0 Å². The number of hydrogen-bond acceptors (Lipinski definition) is 5. The summed E-state index contributed by atoms with van der Waals surface area (Å²) in [6.07, 6.45) is 3.18. The van der Waals surface area contributed by atoms with Crippen molar-refractivity contribution in [2.75, 3.05) is 30.9 Å². The first kappa shape index (κ1) is 15.7. The SMILES string of the molecule is CCS(=O)(=O)NC(CCSC)C(=O)N1CCCO1. The highest BCUT2D eigenvalue weighted by Crippen LogP contribution is 2.11. The fourth-order valence-electron chi connectivity index (χ4n) is 1.56. The van der Waals surface area contributed by atoms with E-state index in [1.165, 1.54) is 5.06 Å². The highest BCUT2D eigenvalue weighted by atomic mass is 32.2. The summed E-state index contributed by atoms with van der Waals surface area (Å²) < 4.78 is 25.6. The molecule has 1 unspecified atom stereocenters. The second-order valence-electron chi connectivity index (χ2n) is 3.98. The Balaban J connectivity index is 2.67. The molecule has 1 rings (SSSR count). The van der Waals surface area contributed by atoms with E-state index in [1.807, 2.05) is 6.26 Å². The van der Waals surface area contributed by atoms with Gasteiger partial charge in [0.1, 0.15) is 6.04 Å². The van der Waals surface area contributed by atoms with Crippen molar-refractivity contribution in [3.05, 3.63) is 0 Å². The molecule has 1 N–H and O–H groups in total. The van der Waals surface area contributed by atoms with Gasteiger partial charge in [-0.1, -0.05) is 0 Å². The molecule has 1 amide bonds. The molecule has 0 radical (unpaired) electrons. The van der Waals surface area contributed by atoms with Gasteiger partial charge >= 0.3 is 0 Å². The number of amides is 1. The van der Waals surface area contributed by atoms with Gasteiger partial charge in [0.2, 0.25) is 10.0 Å². The molecule has 8 heteroatoms. The maximum absolute atomic E-state index is 12.1. The Labute approximate surface area is 112 Å². The zero-order chi connectivity index (χ0) is 13.6. The number of thioether (sulfide) groups is 1. The fourth-order valence-corrected chi connectivity index (χ4v) is 2.85. The van der Waals surface area contributed by atoms with E-state index in [4.69, 9.17) is 4.84 Å². The number of hydroxylamine groups is 2. The minimum Gasteiger partial charge on any atom is -0.271 e. The summed E-state index contributed by atoms with van der Waals surface area (Å²) in [4.78, 5) is 17.3. The van der Waals surface area contributed by atoms with Gasteiger partial charge in [-0.3, -0.25) is 9.63 Å². The molecule has 106 valence electrons. The lowest BCUT2D eigenvalue weighted by Gasteiger charge is -2.22. The van der Waals surface area contributed by atoms with Crippen molar-refractivity contribution in [1.82, 2.24) is 9.79 Å². The number of carbonyl (C=O) groups is 1. The molecule has 18 heavy (non-hydrogen) atoms. The van der Waals surface area contributed by atoms with Crippen molar-refractivity contribution in [2.45, 2.75) is 25.8 Å². The van der Waals surface area contributed by atoms with Crippen molar-refractivity contribution in [2.24, 2.45) is 0 Å². The van der Waals surface area contributed by atoms with Gasteiger partial charge in [-0.05, 0) is 31.8 Å². The van der Waals surface area contributed by atoms with Crippen molar-refractivity contribution in [1.29, 1.82) is 0 Å². The fraction of sp³-hybridized carbons (Fsp3) is 0.900. The number of nitrogens with one attached hydrogen (secondary N) is 1. The molecule has 1 heterocycles. The molecule has 0 bridgehead atoms. The average Bonchev–Trinajstić information content (AvgIpc) is 2.87. The highest BCUT2D eigenvalue weighted by molar-refractivity contribution is 7.98.